The molecule has 0 aromatic carbocycles. The van der Waals surface area contributed by atoms with E-state index in [1.807, 2.05) is 22.1 Å². The molecule has 188 valence electrons. The molecule has 9 nitrogen and oxygen atoms in total. The molecular weight excluding hydrogens is 485 g/mol. The van der Waals surface area contributed by atoms with Crippen LogP contribution in [0.25, 0.3) is 21.6 Å². The molecule has 0 spiro atoms. The first-order valence-corrected chi connectivity index (χ1v) is 13.8. The van der Waals surface area contributed by atoms with E-state index in [1.165, 1.54) is 0 Å². The van der Waals surface area contributed by atoms with Crippen LogP contribution in [0.2, 0.25) is 0 Å². The van der Waals surface area contributed by atoms with Crippen molar-refractivity contribution in [2.24, 2.45) is 0 Å². The molecule has 0 aliphatic carbocycles. The lowest BCUT2D eigenvalue weighted by atomic mass is 10.2. The van der Waals surface area contributed by atoms with Crippen LogP contribution in [-0.4, -0.2) is 61.8 Å². The molecule has 0 amide bonds. The Labute approximate surface area is 211 Å². The molecule has 4 heterocycles. The van der Waals surface area contributed by atoms with Crippen LogP contribution < -0.4 is 0 Å². The van der Waals surface area contributed by atoms with Crippen molar-refractivity contribution in [3.05, 3.63) is 36.1 Å². The molecule has 1 fully saturated rings. The van der Waals surface area contributed by atoms with Gasteiger partial charge in [-0.05, 0) is 45.2 Å². The van der Waals surface area contributed by atoms with E-state index in [-0.39, 0.29) is 31.0 Å². The number of rotatable bonds is 11. The number of aliphatic hydroxyl groups excluding tert-OH is 1. The lowest BCUT2D eigenvalue weighted by Gasteiger charge is -2.37. The van der Waals surface area contributed by atoms with E-state index in [9.17, 15) is 5.11 Å². The van der Waals surface area contributed by atoms with E-state index in [2.05, 4.69) is 54.5 Å². The third-order valence-electron chi connectivity index (χ3n) is 5.81. The third kappa shape index (κ3) is 5.73. The van der Waals surface area contributed by atoms with Gasteiger partial charge in [0.1, 0.15) is 17.8 Å². The van der Waals surface area contributed by atoms with Crippen LogP contribution in [0.5, 0.6) is 0 Å². The summed E-state index contributed by atoms with van der Waals surface area (Å²) in [4.78, 5) is 10.4. The van der Waals surface area contributed by atoms with Crippen molar-refractivity contribution < 1.29 is 18.9 Å². The fourth-order valence-electron chi connectivity index (χ4n) is 4.33. The van der Waals surface area contributed by atoms with Gasteiger partial charge in [-0.2, -0.15) is 5.26 Å². The lowest BCUT2D eigenvalue weighted by Crippen LogP contribution is -2.36. The number of aromatic nitrogens is 3. The minimum absolute atomic E-state index is 0.174. The summed E-state index contributed by atoms with van der Waals surface area (Å²) >= 11 is 1.66. The second kappa shape index (κ2) is 11.8. The van der Waals surface area contributed by atoms with Crippen molar-refractivity contribution in [2.75, 3.05) is 13.2 Å². The summed E-state index contributed by atoms with van der Waals surface area (Å²) in [5.74, 6) is 0. The second-order valence-electron chi connectivity index (χ2n) is 8.90. The predicted octanol–water partition coefficient (Wildman–Crippen LogP) is 5.10. The normalized spacial score (nSPS) is 21.4. The molecule has 4 rings (SSSR count). The Morgan fingerprint density at radius 3 is 2.77 bits per heavy atom. The Bertz CT molecular complexity index is 1120. The summed E-state index contributed by atoms with van der Waals surface area (Å²) in [5.41, 5.74) is 2.58. The number of nitriles is 1. The quantitative estimate of drug-likeness (QED) is 0.277. The van der Waals surface area contributed by atoms with E-state index in [0.717, 1.165) is 21.6 Å². The maximum absolute atomic E-state index is 10.1. The van der Waals surface area contributed by atoms with Gasteiger partial charge in [0.05, 0.1) is 38.1 Å². The molecule has 3 aromatic heterocycles. The van der Waals surface area contributed by atoms with E-state index >= 15 is 0 Å². The van der Waals surface area contributed by atoms with Crippen molar-refractivity contribution >= 4 is 31.0 Å². The van der Waals surface area contributed by atoms with Gasteiger partial charge < -0.3 is 18.9 Å². The summed E-state index contributed by atoms with van der Waals surface area (Å²) in [6, 6.07) is 8.56. The second-order valence-corrected chi connectivity index (χ2v) is 11.3. The predicted molar refractivity (Wildman–Crippen MR) is 137 cm³/mol. The van der Waals surface area contributed by atoms with Crippen LogP contribution in [0.3, 0.4) is 0 Å². The lowest BCUT2D eigenvalue weighted by molar-refractivity contribution is -0.0411. The average molecular weight is 518 g/mol. The van der Waals surface area contributed by atoms with Crippen molar-refractivity contribution in [1.29, 1.82) is 5.26 Å². The third-order valence-corrected chi connectivity index (χ3v) is 8.86. The minimum atomic E-state index is -1.45. The SMILES string of the molecule is CC(C)N(C(C)C)P(OCCC#N)OC1CC(n2cnc3c(-c4cccs4)ccnc32)O[C@@H]1CO. The average Bonchev–Trinajstić information content (AvgIpc) is 3.58. The zero-order chi connectivity index (χ0) is 24.9. The number of pyridine rings is 1. The Hall–Kier alpha value is -1.96. The number of nitrogens with zero attached hydrogens (tertiary/aromatic N) is 5. The van der Waals surface area contributed by atoms with Crippen LogP contribution in [-0.2, 0) is 13.8 Å². The summed E-state index contributed by atoms with van der Waals surface area (Å²) in [6.45, 7) is 8.50. The molecule has 0 saturated carbocycles. The molecule has 4 atom stereocenters. The van der Waals surface area contributed by atoms with Gasteiger partial charge in [0, 0.05) is 35.1 Å². The van der Waals surface area contributed by atoms with Crippen LogP contribution >= 0.6 is 19.9 Å². The van der Waals surface area contributed by atoms with Gasteiger partial charge in [-0.25, -0.2) is 14.6 Å². The Morgan fingerprint density at radius 1 is 1.31 bits per heavy atom. The summed E-state index contributed by atoms with van der Waals surface area (Å²) in [5, 5.41) is 21.1. The van der Waals surface area contributed by atoms with Crippen molar-refractivity contribution in [3.8, 4) is 16.5 Å². The first kappa shape index (κ1) is 26.1. The number of thiophene rings is 1. The van der Waals surface area contributed by atoms with Crippen molar-refractivity contribution in [3.63, 3.8) is 0 Å². The van der Waals surface area contributed by atoms with Crippen molar-refractivity contribution in [1.82, 2.24) is 19.2 Å². The van der Waals surface area contributed by atoms with Crippen LogP contribution in [0, 0.1) is 11.3 Å². The number of hydrogen-bond donors (Lipinski definition) is 1. The fraction of sp³-hybridized carbons (Fsp3) is 0.542. The maximum atomic E-state index is 10.1. The highest BCUT2D eigenvalue weighted by molar-refractivity contribution is 7.44. The molecule has 1 saturated heterocycles. The number of imidazole rings is 1. The highest BCUT2D eigenvalue weighted by Gasteiger charge is 2.41. The van der Waals surface area contributed by atoms with E-state index in [0.29, 0.717) is 19.4 Å². The van der Waals surface area contributed by atoms with E-state index in [1.54, 1.807) is 23.9 Å². The highest BCUT2D eigenvalue weighted by Crippen LogP contribution is 2.50. The van der Waals surface area contributed by atoms with E-state index < -0.39 is 14.6 Å². The largest absolute Gasteiger partial charge is 0.394 e. The molecule has 1 aliphatic rings. The van der Waals surface area contributed by atoms with Crippen molar-refractivity contribution in [2.45, 2.75) is 71.1 Å². The molecular formula is C24H32N5O4PS. The van der Waals surface area contributed by atoms with Gasteiger partial charge in [-0.3, -0.25) is 4.57 Å². The number of hydrogen-bond acceptors (Lipinski definition) is 9. The van der Waals surface area contributed by atoms with Crippen LogP contribution in [0.15, 0.2) is 36.1 Å². The van der Waals surface area contributed by atoms with Crippen LogP contribution in [0.4, 0.5) is 0 Å². The van der Waals surface area contributed by atoms with Gasteiger partial charge in [0.2, 0.25) is 0 Å². The monoisotopic (exact) mass is 517 g/mol. The topological polar surface area (TPSA) is 106 Å². The molecule has 11 heteroatoms. The number of fused-ring (bicyclic) bond motifs is 1. The Kier molecular flexibility index (Phi) is 8.84. The zero-order valence-electron chi connectivity index (χ0n) is 20.4. The summed E-state index contributed by atoms with van der Waals surface area (Å²) in [6.07, 6.45) is 3.07. The van der Waals surface area contributed by atoms with Crippen LogP contribution in [0.1, 0.15) is 46.8 Å². The number of ether oxygens (including phenoxy) is 1. The Balaban J connectivity index is 1.57. The molecule has 3 unspecified atom stereocenters. The smallest absolute Gasteiger partial charge is 0.259 e. The summed E-state index contributed by atoms with van der Waals surface area (Å²) < 4.78 is 22.9. The number of aliphatic hydroxyl groups is 1. The van der Waals surface area contributed by atoms with Gasteiger partial charge in [0.25, 0.3) is 8.53 Å². The van der Waals surface area contributed by atoms with Gasteiger partial charge >= 0.3 is 0 Å². The molecule has 1 N–H and O–H groups in total. The fourth-order valence-corrected chi connectivity index (χ4v) is 6.84. The first-order chi connectivity index (χ1) is 16.9. The molecule has 35 heavy (non-hydrogen) atoms. The van der Waals surface area contributed by atoms with Gasteiger partial charge in [0.15, 0.2) is 5.65 Å². The molecule has 0 bridgehead atoms. The molecule has 1 aliphatic heterocycles. The van der Waals surface area contributed by atoms with E-state index in [4.69, 9.17) is 19.0 Å². The molecule has 3 aromatic rings. The van der Waals surface area contributed by atoms with Gasteiger partial charge in [-0.15, -0.1) is 11.3 Å². The maximum Gasteiger partial charge on any atom is 0.259 e. The minimum Gasteiger partial charge on any atom is -0.394 e. The zero-order valence-corrected chi connectivity index (χ0v) is 22.2. The standard InChI is InChI=1S/C24H32N5O4PS/c1-16(2)29(17(3)4)34(31-11-6-9-25)33-19-13-22(32-20(19)14-30)28-15-27-23-18(8-10-26-24(23)28)21-7-5-12-35-21/h5,7-8,10,12,15-17,19-20,22,30H,6,11,13-14H2,1-4H3/t19?,20-,22?,34?/m1/s1. The molecule has 0 radical (unpaired) electrons. The Morgan fingerprint density at radius 2 is 2.11 bits per heavy atom. The van der Waals surface area contributed by atoms with Gasteiger partial charge in [-0.1, -0.05) is 6.07 Å². The summed E-state index contributed by atoms with van der Waals surface area (Å²) in [7, 11) is -1.45. The highest BCUT2D eigenvalue weighted by atomic mass is 32.1. The first-order valence-electron chi connectivity index (χ1n) is 11.8.